The van der Waals surface area contributed by atoms with Crippen molar-refractivity contribution in [1.29, 1.82) is 5.41 Å². The van der Waals surface area contributed by atoms with Crippen LogP contribution in [0.2, 0.25) is 5.02 Å². The Balaban J connectivity index is 0.00000420. The van der Waals surface area contributed by atoms with Crippen LogP contribution < -0.4 is 15.8 Å². The van der Waals surface area contributed by atoms with Gasteiger partial charge in [-0.2, -0.15) is 0 Å². The van der Waals surface area contributed by atoms with E-state index in [-0.39, 0.29) is 37.1 Å². The van der Waals surface area contributed by atoms with Gasteiger partial charge in [0.05, 0.1) is 12.7 Å². The Morgan fingerprint density at radius 1 is 1.28 bits per heavy atom. The Bertz CT molecular complexity index is 874. The SMILES string of the molecule is CCO[C@H](C(=O)NCc1ccc(C(=N)N)cc1Cl)c1c(F)cc(OC)cc1F.Cl. The third-order valence-electron chi connectivity index (χ3n) is 3.94. The van der Waals surface area contributed by atoms with Gasteiger partial charge in [0.25, 0.3) is 5.91 Å². The molecule has 0 unspecified atom stereocenters. The number of methoxy groups -OCH3 is 1. The minimum absolute atomic E-state index is 0. The normalized spacial score (nSPS) is 11.3. The van der Waals surface area contributed by atoms with E-state index in [0.29, 0.717) is 16.1 Å². The summed E-state index contributed by atoms with van der Waals surface area (Å²) in [5, 5.41) is 10.2. The van der Waals surface area contributed by atoms with E-state index in [1.165, 1.54) is 13.2 Å². The number of nitrogen functional groups attached to an aromatic ring is 1. The summed E-state index contributed by atoms with van der Waals surface area (Å²) in [4.78, 5) is 12.6. The van der Waals surface area contributed by atoms with Gasteiger partial charge >= 0.3 is 0 Å². The van der Waals surface area contributed by atoms with Gasteiger partial charge in [0.15, 0.2) is 6.10 Å². The quantitative estimate of drug-likeness (QED) is 0.424. The molecule has 158 valence electrons. The summed E-state index contributed by atoms with van der Waals surface area (Å²) in [5.41, 5.74) is 5.88. The fourth-order valence-electron chi connectivity index (χ4n) is 2.52. The zero-order valence-corrected chi connectivity index (χ0v) is 17.3. The summed E-state index contributed by atoms with van der Waals surface area (Å²) in [6.45, 7) is 1.67. The Morgan fingerprint density at radius 2 is 1.90 bits per heavy atom. The van der Waals surface area contributed by atoms with E-state index < -0.39 is 29.2 Å². The smallest absolute Gasteiger partial charge is 0.254 e. The van der Waals surface area contributed by atoms with Crippen LogP contribution >= 0.6 is 24.0 Å². The van der Waals surface area contributed by atoms with E-state index in [1.54, 1.807) is 19.1 Å². The molecular weight excluding hydrogens is 427 g/mol. The highest BCUT2D eigenvalue weighted by Crippen LogP contribution is 2.28. The first-order valence-corrected chi connectivity index (χ1v) is 8.71. The molecule has 0 saturated carbocycles. The van der Waals surface area contributed by atoms with Crippen molar-refractivity contribution in [3.8, 4) is 5.75 Å². The number of carbonyl (C=O) groups is 1. The number of carbonyl (C=O) groups excluding carboxylic acids is 1. The molecule has 0 aliphatic carbocycles. The van der Waals surface area contributed by atoms with Gasteiger partial charge in [-0.15, -0.1) is 12.4 Å². The molecule has 10 heteroatoms. The predicted octanol–water partition coefficient (Wildman–Crippen LogP) is 3.73. The molecule has 0 bridgehead atoms. The number of amidine groups is 1. The largest absolute Gasteiger partial charge is 0.497 e. The molecule has 2 rings (SSSR count). The monoisotopic (exact) mass is 447 g/mol. The van der Waals surface area contributed by atoms with Crippen LogP contribution in [0.3, 0.4) is 0 Å². The molecule has 2 aromatic rings. The number of rotatable bonds is 8. The zero-order valence-electron chi connectivity index (χ0n) is 15.7. The average Bonchev–Trinajstić information content (AvgIpc) is 2.65. The van der Waals surface area contributed by atoms with Crippen molar-refractivity contribution in [3.63, 3.8) is 0 Å². The summed E-state index contributed by atoms with van der Waals surface area (Å²) < 4.78 is 38.8. The van der Waals surface area contributed by atoms with Crippen molar-refractivity contribution in [2.45, 2.75) is 19.6 Å². The van der Waals surface area contributed by atoms with Crippen LogP contribution in [-0.4, -0.2) is 25.5 Å². The molecule has 29 heavy (non-hydrogen) atoms. The van der Waals surface area contributed by atoms with Gasteiger partial charge in [-0.25, -0.2) is 8.78 Å². The Morgan fingerprint density at radius 3 is 2.38 bits per heavy atom. The first kappa shape index (κ1) is 24.6. The lowest BCUT2D eigenvalue weighted by atomic mass is 10.1. The highest BCUT2D eigenvalue weighted by molar-refractivity contribution is 6.31. The van der Waals surface area contributed by atoms with Crippen LogP contribution in [-0.2, 0) is 16.1 Å². The fourth-order valence-corrected chi connectivity index (χ4v) is 2.77. The first-order chi connectivity index (χ1) is 13.3. The second-order valence-electron chi connectivity index (χ2n) is 5.78. The molecule has 0 heterocycles. The second kappa shape index (κ2) is 10.9. The summed E-state index contributed by atoms with van der Waals surface area (Å²) >= 11 is 6.13. The maximum Gasteiger partial charge on any atom is 0.254 e. The molecule has 0 aliphatic heterocycles. The van der Waals surface area contributed by atoms with E-state index in [9.17, 15) is 13.6 Å². The van der Waals surface area contributed by atoms with Crippen LogP contribution in [0, 0.1) is 17.0 Å². The first-order valence-electron chi connectivity index (χ1n) is 8.33. The minimum atomic E-state index is -1.48. The molecule has 4 N–H and O–H groups in total. The molecule has 1 atom stereocenters. The van der Waals surface area contributed by atoms with Crippen molar-refractivity contribution in [2.75, 3.05) is 13.7 Å². The number of nitrogens with one attached hydrogen (secondary N) is 2. The van der Waals surface area contributed by atoms with Gasteiger partial charge in [-0.1, -0.05) is 23.7 Å². The van der Waals surface area contributed by atoms with E-state index >= 15 is 0 Å². The average molecular weight is 448 g/mol. The zero-order chi connectivity index (χ0) is 20.8. The predicted molar refractivity (Wildman–Crippen MR) is 109 cm³/mol. The summed E-state index contributed by atoms with van der Waals surface area (Å²) in [6, 6.07) is 6.64. The van der Waals surface area contributed by atoms with Crippen molar-refractivity contribution in [2.24, 2.45) is 5.73 Å². The van der Waals surface area contributed by atoms with Crippen LogP contribution in [0.25, 0.3) is 0 Å². The lowest BCUT2D eigenvalue weighted by Crippen LogP contribution is -2.31. The van der Waals surface area contributed by atoms with Crippen molar-refractivity contribution >= 4 is 35.8 Å². The van der Waals surface area contributed by atoms with Gasteiger partial charge < -0.3 is 20.5 Å². The summed E-state index contributed by atoms with van der Waals surface area (Å²) in [5.74, 6) is -2.77. The molecule has 0 radical (unpaired) electrons. The van der Waals surface area contributed by atoms with Gasteiger partial charge in [0, 0.05) is 35.9 Å². The molecule has 0 fully saturated rings. The number of amides is 1. The fraction of sp³-hybridized carbons (Fsp3) is 0.263. The van der Waals surface area contributed by atoms with Crippen molar-refractivity contribution < 1.29 is 23.0 Å². The number of hydrogen-bond donors (Lipinski definition) is 3. The standard InChI is InChI=1S/C19H20ClF2N3O3.ClH/c1-3-28-17(16-14(21)7-12(27-2)8-15(16)22)19(26)25-9-11-5-4-10(18(23)24)6-13(11)20;/h4-8,17H,3,9H2,1-2H3,(H3,23,24)(H,25,26);1H/t17-;/m0./s1. The topological polar surface area (TPSA) is 97.4 Å². The highest BCUT2D eigenvalue weighted by Gasteiger charge is 2.28. The molecule has 1 amide bonds. The van der Waals surface area contributed by atoms with Crippen LogP contribution in [0.5, 0.6) is 5.75 Å². The van der Waals surface area contributed by atoms with Gasteiger partial charge in [0.1, 0.15) is 23.2 Å². The molecular formula is C19H21Cl2F2N3O3. The number of nitrogens with two attached hydrogens (primary N) is 1. The summed E-state index contributed by atoms with van der Waals surface area (Å²) in [6.07, 6.45) is -1.48. The molecule has 0 saturated heterocycles. The number of benzene rings is 2. The highest BCUT2D eigenvalue weighted by atomic mass is 35.5. The third kappa shape index (κ3) is 6.03. The van der Waals surface area contributed by atoms with E-state index in [1.807, 2.05) is 0 Å². The number of hydrogen-bond acceptors (Lipinski definition) is 4. The molecule has 0 spiro atoms. The van der Waals surface area contributed by atoms with Gasteiger partial charge in [-0.3, -0.25) is 10.2 Å². The second-order valence-corrected chi connectivity index (χ2v) is 6.18. The maximum atomic E-state index is 14.3. The molecule has 6 nitrogen and oxygen atoms in total. The minimum Gasteiger partial charge on any atom is -0.497 e. The van der Waals surface area contributed by atoms with Crippen LogP contribution in [0.4, 0.5) is 8.78 Å². The molecule has 0 aromatic heterocycles. The Labute approximate surface area is 178 Å². The van der Waals surface area contributed by atoms with E-state index in [4.69, 9.17) is 32.2 Å². The number of halogens is 4. The van der Waals surface area contributed by atoms with Crippen molar-refractivity contribution in [1.82, 2.24) is 5.32 Å². The van der Waals surface area contributed by atoms with Crippen LogP contribution in [0.15, 0.2) is 30.3 Å². The third-order valence-corrected chi connectivity index (χ3v) is 4.29. The van der Waals surface area contributed by atoms with E-state index in [0.717, 1.165) is 12.1 Å². The lowest BCUT2D eigenvalue weighted by Gasteiger charge is -2.19. The maximum absolute atomic E-state index is 14.3. The Hall–Kier alpha value is -2.42. The molecule has 2 aromatic carbocycles. The lowest BCUT2D eigenvalue weighted by molar-refractivity contribution is -0.133. The number of ether oxygens (including phenoxy) is 2. The van der Waals surface area contributed by atoms with Gasteiger partial charge in [-0.05, 0) is 18.6 Å². The van der Waals surface area contributed by atoms with Gasteiger partial charge in [0.2, 0.25) is 0 Å². The van der Waals surface area contributed by atoms with E-state index in [2.05, 4.69) is 5.32 Å². The Kier molecular flexibility index (Phi) is 9.29. The van der Waals surface area contributed by atoms with Crippen LogP contribution in [0.1, 0.15) is 29.7 Å². The van der Waals surface area contributed by atoms with Crippen molar-refractivity contribution in [3.05, 3.63) is 63.7 Å². The molecule has 0 aliphatic rings. The summed E-state index contributed by atoms with van der Waals surface area (Å²) in [7, 11) is 1.28.